The average Bonchev–Trinajstić information content (AvgIpc) is 2.86. The SMILES string of the molecule is Cc1ccc(OC[C@H]2OC(C)(C)O[C@H]2C(=O)NCCCCN)cc1. The molecule has 0 aliphatic carbocycles. The van der Waals surface area contributed by atoms with Crippen molar-refractivity contribution in [3.05, 3.63) is 29.8 Å². The van der Waals surface area contributed by atoms with Crippen LogP contribution in [0.4, 0.5) is 0 Å². The first-order valence-corrected chi connectivity index (χ1v) is 8.44. The molecule has 6 heteroatoms. The van der Waals surface area contributed by atoms with Crippen LogP contribution in [0.3, 0.4) is 0 Å². The summed E-state index contributed by atoms with van der Waals surface area (Å²) in [6.45, 7) is 7.08. The Bertz CT molecular complexity index is 530. The van der Waals surface area contributed by atoms with E-state index in [9.17, 15) is 4.79 Å². The molecule has 134 valence electrons. The largest absolute Gasteiger partial charge is 0.491 e. The molecular weight excluding hydrogens is 308 g/mol. The third kappa shape index (κ3) is 5.47. The van der Waals surface area contributed by atoms with Gasteiger partial charge in [0.05, 0.1) is 0 Å². The van der Waals surface area contributed by atoms with E-state index in [0.717, 1.165) is 18.6 Å². The third-order valence-electron chi connectivity index (χ3n) is 3.81. The molecule has 2 atom stereocenters. The van der Waals surface area contributed by atoms with Crippen LogP contribution in [0.25, 0.3) is 0 Å². The fourth-order valence-electron chi connectivity index (χ4n) is 2.57. The second-order valence-electron chi connectivity index (χ2n) is 6.51. The van der Waals surface area contributed by atoms with Gasteiger partial charge in [-0.1, -0.05) is 17.7 Å². The van der Waals surface area contributed by atoms with Crippen molar-refractivity contribution in [2.24, 2.45) is 5.73 Å². The van der Waals surface area contributed by atoms with Crippen molar-refractivity contribution in [1.82, 2.24) is 5.32 Å². The highest BCUT2D eigenvalue weighted by atomic mass is 16.8. The summed E-state index contributed by atoms with van der Waals surface area (Å²) in [5.41, 5.74) is 6.62. The number of hydrogen-bond donors (Lipinski definition) is 2. The van der Waals surface area contributed by atoms with Gasteiger partial charge in [-0.05, 0) is 52.3 Å². The Morgan fingerprint density at radius 3 is 2.62 bits per heavy atom. The summed E-state index contributed by atoms with van der Waals surface area (Å²) >= 11 is 0. The Hall–Kier alpha value is -1.63. The van der Waals surface area contributed by atoms with E-state index in [1.165, 1.54) is 5.56 Å². The lowest BCUT2D eigenvalue weighted by Gasteiger charge is -2.17. The Morgan fingerprint density at radius 2 is 1.96 bits per heavy atom. The molecule has 1 saturated heterocycles. The fraction of sp³-hybridized carbons (Fsp3) is 0.611. The van der Waals surface area contributed by atoms with Crippen molar-refractivity contribution in [3.8, 4) is 5.75 Å². The van der Waals surface area contributed by atoms with Crippen LogP contribution >= 0.6 is 0 Å². The molecule has 1 fully saturated rings. The number of carbonyl (C=O) groups excluding carboxylic acids is 1. The highest BCUT2D eigenvalue weighted by Crippen LogP contribution is 2.29. The first-order valence-electron chi connectivity index (χ1n) is 8.44. The van der Waals surface area contributed by atoms with Gasteiger partial charge < -0.3 is 25.3 Å². The number of nitrogens with one attached hydrogen (secondary N) is 1. The van der Waals surface area contributed by atoms with Crippen LogP contribution in [0.15, 0.2) is 24.3 Å². The van der Waals surface area contributed by atoms with Crippen LogP contribution in [-0.4, -0.2) is 43.6 Å². The van der Waals surface area contributed by atoms with Crippen LogP contribution in [0, 0.1) is 6.92 Å². The second-order valence-corrected chi connectivity index (χ2v) is 6.51. The lowest BCUT2D eigenvalue weighted by atomic mass is 10.2. The molecule has 0 spiro atoms. The zero-order valence-corrected chi connectivity index (χ0v) is 14.7. The van der Waals surface area contributed by atoms with Gasteiger partial charge in [0, 0.05) is 6.54 Å². The van der Waals surface area contributed by atoms with Gasteiger partial charge in [-0.2, -0.15) is 0 Å². The quantitative estimate of drug-likeness (QED) is 0.707. The van der Waals surface area contributed by atoms with Gasteiger partial charge in [-0.15, -0.1) is 0 Å². The van der Waals surface area contributed by atoms with Crippen molar-refractivity contribution >= 4 is 5.91 Å². The predicted octanol–water partition coefficient (Wildman–Crippen LogP) is 1.75. The number of unbranched alkanes of at least 4 members (excludes halogenated alkanes) is 1. The number of aryl methyl sites for hydroxylation is 1. The minimum absolute atomic E-state index is 0.171. The summed E-state index contributed by atoms with van der Waals surface area (Å²) in [4.78, 5) is 12.4. The number of amides is 1. The zero-order chi connectivity index (χ0) is 17.6. The van der Waals surface area contributed by atoms with Gasteiger partial charge in [-0.25, -0.2) is 0 Å². The lowest BCUT2D eigenvalue weighted by Crippen LogP contribution is -2.43. The fourth-order valence-corrected chi connectivity index (χ4v) is 2.57. The molecule has 1 amide bonds. The number of ether oxygens (including phenoxy) is 3. The van der Waals surface area contributed by atoms with Crippen LogP contribution in [0.5, 0.6) is 5.75 Å². The molecule has 1 aromatic carbocycles. The Morgan fingerprint density at radius 1 is 1.25 bits per heavy atom. The van der Waals surface area contributed by atoms with E-state index < -0.39 is 18.0 Å². The van der Waals surface area contributed by atoms with E-state index in [1.54, 1.807) is 13.8 Å². The minimum Gasteiger partial charge on any atom is -0.491 e. The van der Waals surface area contributed by atoms with Crippen LogP contribution < -0.4 is 15.8 Å². The zero-order valence-electron chi connectivity index (χ0n) is 14.7. The van der Waals surface area contributed by atoms with Gasteiger partial charge in [0.2, 0.25) is 0 Å². The average molecular weight is 336 g/mol. The summed E-state index contributed by atoms with van der Waals surface area (Å²) in [5.74, 6) is -0.230. The van der Waals surface area contributed by atoms with Crippen molar-refractivity contribution < 1.29 is 19.0 Å². The summed E-state index contributed by atoms with van der Waals surface area (Å²) in [7, 11) is 0. The molecule has 0 bridgehead atoms. The molecule has 0 unspecified atom stereocenters. The lowest BCUT2D eigenvalue weighted by molar-refractivity contribution is -0.156. The number of hydrogen-bond acceptors (Lipinski definition) is 5. The summed E-state index contributed by atoms with van der Waals surface area (Å²) < 4.78 is 17.3. The van der Waals surface area contributed by atoms with E-state index in [4.69, 9.17) is 19.9 Å². The van der Waals surface area contributed by atoms with Crippen molar-refractivity contribution in [2.75, 3.05) is 19.7 Å². The number of rotatable bonds is 8. The van der Waals surface area contributed by atoms with Crippen molar-refractivity contribution in [2.45, 2.75) is 51.6 Å². The molecule has 1 heterocycles. The van der Waals surface area contributed by atoms with Crippen LogP contribution in [-0.2, 0) is 14.3 Å². The predicted molar refractivity (Wildman–Crippen MR) is 91.8 cm³/mol. The van der Waals surface area contributed by atoms with Gasteiger partial charge in [0.1, 0.15) is 18.5 Å². The molecule has 1 aromatic rings. The Balaban J connectivity index is 1.90. The van der Waals surface area contributed by atoms with E-state index in [-0.39, 0.29) is 12.5 Å². The Kier molecular flexibility index (Phi) is 6.60. The number of benzene rings is 1. The minimum atomic E-state index is -0.805. The third-order valence-corrected chi connectivity index (χ3v) is 3.81. The van der Waals surface area contributed by atoms with Crippen LogP contribution in [0.2, 0.25) is 0 Å². The molecular formula is C18H28N2O4. The Labute approximate surface area is 143 Å². The standard InChI is InChI=1S/C18H28N2O4/c1-13-6-8-14(9-7-13)22-12-15-16(24-18(2,3)23-15)17(21)20-11-5-4-10-19/h6-9,15-16H,4-5,10-12,19H2,1-3H3,(H,20,21)/t15-,16-/m1/s1. The molecule has 3 N–H and O–H groups in total. The maximum atomic E-state index is 12.4. The van der Waals surface area contributed by atoms with Crippen molar-refractivity contribution in [3.63, 3.8) is 0 Å². The smallest absolute Gasteiger partial charge is 0.252 e. The molecule has 6 nitrogen and oxygen atoms in total. The highest BCUT2D eigenvalue weighted by molar-refractivity contribution is 5.81. The van der Waals surface area contributed by atoms with Gasteiger partial charge in [-0.3, -0.25) is 4.79 Å². The normalized spacial score (nSPS) is 22.3. The number of nitrogens with two attached hydrogens (primary N) is 1. The molecule has 0 aromatic heterocycles. The van der Waals surface area contributed by atoms with Gasteiger partial charge >= 0.3 is 0 Å². The topological polar surface area (TPSA) is 82.8 Å². The first-order chi connectivity index (χ1) is 11.4. The monoisotopic (exact) mass is 336 g/mol. The molecule has 24 heavy (non-hydrogen) atoms. The summed E-state index contributed by atoms with van der Waals surface area (Å²) in [6, 6.07) is 7.76. The number of carbonyl (C=O) groups is 1. The summed E-state index contributed by atoms with van der Waals surface area (Å²) in [5, 5.41) is 2.88. The molecule has 0 saturated carbocycles. The van der Waals surface area contributed by atoms with Gasteiger partial charge in [0.15, 0.2) is 11.9 Å². The first kappa shape index (κ1) is 18.7. The van der Waals surface area contributed by atoms with E-state index in [2.05, 4.69) is 5.32 Å². The molecule has 0 radical (unpaired) electrons. The highest BCUT2D eigenvalue weighted by Gasteiger charge is 2.45. The molecule has 1 aliphatic heterocycles. The van der Waals surface area contributed by atoms with Crippen molar-refractivity contribution in [1.29, 1.82) is 0 Å². The van der Waals surface area contributed by atoms with E-state index in [0.29, 0.717) is 13.1 Å². The summed E-state index contributed by atoms with van der Waals surface area (Å²) in [6.07, 6.45) is 0.608. The maximum Gasteiger partial charge on any atom is 0.252 e. The molecule has 2 rings (SSSR count). The molecule has 1 aliphatic rings. The van der Waals surface area contributed by atoms with E-state index in [1.807, 2.05) is 31.2 Å². The second kappa shape index (κ2) is 8.46. The van der Waals surface area contributed by atoms with Gasteiger partial charge in [0.25, 0.3) is 5.91 Å². The maximum absolute atomic E-state index is 12.4. The van der Waals surface area contributed by atoms with Crippen LogP contribution in [0.1, 0.15) is 32.3 Å². The van der Waals surface area contributed by atoms with E-state index >= 15 is 0 Å².